The zero-order valence-corrected chi connectivity index (χ0v) is 12.9. The molecule has 2 aromatic rings. The summed E-state index contributed by atoms with van der Waals surface area (Å²) in [6.45, 7) is 1.59. The van der Waals surface area contributed by atoms with Crippen LogP contribution in [0.4, 0.5) is 0 Å². The van der Waals surface area contributed by atoms with Crippen LogP contribution in [-0.4, -0.2) is 18.5 Å². The maximum atomic E-state index is 11.9. The number of amides is 1. The van der Waals surface area contributed by atoms with E-state index < -0.39 is 0 Å². The number of thiophene rings is 2. The van der Waals surface area contributed by atoms with Crippen molar-refractivity contribution in [3.05, 3.63) is 33.8 Å². The molecule has 3 nitrogen and oxygen atoms in total. The lowest BCUT2D eigenvalue weighted by Gasteiger charge is -2.14. The number of hydrogen-bond acceptors (Lipinski definition) is 4. The van der Waals surface area contributed by atoms with Gasteiger partial charge in [-0.15, -0.1) is 22.7 Å². The molecule has 0 aromatic carbocycles. The molecule has 0 radical (unpaired) electrons. The van der Waals surface area contributed by atoms with Crippen molar-refractivity contribution in [1.29, 1.82) is 0 Å². The van der Waals surface area contributed by atoms with Crippen molar-refractivity contribution in [2.45, 2.75) is 31.8 Å². The highest BCUT2D eigenvalue weighted by Crippen LogP contribution is 2.29. The summed E-state index contributed by atoms with van der Waals surface area (Å²) in [6, 6.07) is 6.40. The molecule has 106 valence electrons. The number of nitrogens with one attached hydrogen (secondary N) is 2. The van der Waals surface area contributed by atoms with Gasteiger partial charge in [-0.05, 0) is 42.2 Å². The molecule has 20 heavy (non-hydrogen) atoms. The molecule has 3 rings (SSSR count). The second-order valence-electron chi connectivity index (χ2n) is 5.00. The van der Waals surface area contributed by atoms with E-state index in [4.69, 9.17) is 0 Å². The lowest BCUT2D eigenvalue weighted by Crippen LogP contribution is -2.42. The molecule has 0 aliphatic carbocycles. The molecule has 0 spiro atoms. The number of hydrogen-bond donors (Lipinski definition) is 2. The molecule has 3 heterocycles. The fourth-order valence-corrected chi connectivity index (χ4v) is 4.03. The van der Waals surface area contributed by atoms with Gasteiger partial charge < -0.3 is 10.6 Å². The van der Waals surface area contributed by atoms with Gasteiger partial charge in [-0.3, -0.25) is 4.79 Å². The summed E-state index contributed by atoms with van der Waals surface area (Å²) in [5.41, 5.74) is 1.28. The van der Waals surface area contributed by atoms with E-state index in [-0.39, 0.29) is 11.9 Å². The molecule has 1 unspecified atom stereocenters. The Kier molecular flexibility index (Phi) is 4.50. The molecule has 1 saturated heterocycles. The van der Waals surface area contributed by atoms with Gasteiger partial charge in [0.1, 0.15) is 0 Å². The van der Waals surface area contributed by atoms with Crippen molar-refractivity contribution in [2.75, 3.05) is 6.54 Å². The quantitative estimate of drug-likeness (QED) is 0.910. The average Bonchev–Trinajstić information content (AvgIpc) is 3.08. The van der Waals surface area contributed by atoms with Crippen LogP contribution in [0.1, 0.15) is 24.1 Å². The van der Waals surface area contributed by atoms with Gasteiger partial charge in [-0.25, -0.2) is 0 Å². The molecule has 1 atom stereocenters. The SMILES string of the molecule is O=C1NCCCCC1NCc1cc(-c2cccs2)cs1. The van der Waals surface area contributed by atoms with E-state index in [1.807, 2.05) is 0 Å². The fourth-order valence-electron chi connectivity index (χ4n) is 2.40. The normalized spacial score (nSPS) is 19.6. The predicted octanol–water partition coefficient (Wildman–Crippen LogP) is 3.23. The van der Waals surface area contributed by atoms with E-state index in [1.54, 1.807) is 22.7 Å². The Morgan fingerprint density at radius 2 is 2.30 bits per heavy atom. The van der Waals surface area contributed by atoms with Gasteiger partial charge in [-0.2, -0.15) is 0 Å². The van der Waals surface area contributed by atoms with Crippen LogP contribution in [0.25, 0.3) is 10.4 Å². The van der Waals surface area contributed by atoms with E-state index in [2.05, 4.69) is 39.6 Å². The van der Waals surface area contributed by atoms with Crippen molar-refractivity contribution in [3.63, 3.8) is 0 Å². The molecule has 0 bridgehead atoms. The zero-order chi connectivity index (χ0) is 13.8. The van der Waals surface area contributed by atoms with Crippen LogP contribution in [0.5, 0.6) is 0 Å². The summed E-state index contributed by atoms with van der Waals surface area (Å²) in [7, 11) is 0. The topological polar surface area (TPSA) is 41.1 Å². The highest BCUT2D eigenvalue weighted by molar-refractivity contribution is 7.14. The van der Waals surface area contributed by atoms with Crippen molar-refractivity contribution in [3.8, 4) is 10.4 Å². The maximum absolute atomic E-state index is 11.9. The van der Waals surface area contributed by atoms with E-state index in [9.17, 15) is 4.79 Å². The Bertz CT molecular complexity index is 562. The van der Waals surface area contributed by atoms with Crippen LogP contribution in [-0.2, 0) is 11.3 Å². The molecule has 0 saturated carbocycles. The summed E-state index contributed by atoms with van der Waals surface area (Å²) < 4.78 is 0. The first-order valence-corrected chi connectivity index (χ1v) is 8.71. The maximum Gasteiger partial charge on any atom is 0.237 e. The number of carbonyl (C=O) groups excluding carboxylic acids is 1. The van der Waals surface area contributed by atoms with Crippen molar-refractivity contribution >= 4 is 28.6 Å². The van der Waals surface area contributed by atoms with Crippen molar-refractivity contribution in [1.82, 2.24) is 10.6 Å². The second-order valence-corrected chi connectivity index (χ2v) is 6.94. The van der Waals surface area contributed by atoms with Gasteiger partial charge in [0.05, 0.1) is 6.04 Å². The Morgan fingerprint density at radius 1 is 1.35 bits per heavy atom. The Labute approximate surface area is 127 Å². The van der Waals surface area contributed by atoms with Gasteiger partial charge in [0.25, 0.3) is 0 Å². The first kappa shape index (κ1) is 13.8. The highest BCUT2D eigenvalue weighted by atomic mass is 32.1. The Balaban J connectivity index is 1.59. The molecule has 1 aliphatic heterocycles. The first-order chi connectivity index (χ1) is 9.83. The molecule has 2 aromatic heterocycles. The Morgan fingerprint density at radius 3 is 3.15 bits per heavy atom. The lowest BCUT2D eigenvalue weighted by atomic mass is 10.1. The number of rotatable bonds is 4. The minimum absolute atomic E-state index is 0.0372. The summed E-state index contributed by atoms with van der Waals surface area (Å²) in [4.78, 5) is 14.4. The van der Waals surface area contributed by atoms with Crippen LogP contribution >= 0.6 is 22.7 Å². The largest absolute Gasteiger partial charge is 0.355 e. The predicted molar refractivity (Wildman–Crippen MR) is 85.1 cm³/mol. The lowest BCUT2D eigenvalue weighted by molar-refractivity contribution is -0.122. The molecular formula is C15H18N2OS2. The van der Waals surface area contributed by atoms with E-state index >= 15 is 0 Å². The standard InChI is InChI=1S/C15H18N2OS2/c18-15-13(4-1-2-6-16-15)17-9-12-8-11(10-20-12)14-5-3-7-19-14/h3,5,7-8,10,13,17H,1-2,4,6,9H2,(H,16,18). The summed E-state index contributed by atoms with van der Waals surface area (Å²) in [5, 5.41) is 10.6. The summed E-state index contributed by atoms with van der Waals surface area (Å²) >= 11 is 3.52. The van der Waals surface area contributed by atoms with Gasteiger partial charge >= 0.3 is 0 Å². The third kappa shape index (κ3) is 3.29. The van der Waals surface area contributed by atoms with Gasteiger partial charge in [0.15, 0.2) is 0 Å². The first-order valence-electron chi connectivity index (χ1n) is 6.95. The van der Waals surface area contributed by atoms with E-state index in [0.29, 0.717) is 0 Å². The third-order valence-electron chi connectivity index (χ3n) is 3.52. The van der Waals surface area contributed by atoms with Crippen molar-refractivity contribution in [2.24, 2.45) is 0 Å². The van der Waals surface area contributed by atoms with Crippen LogP contribution in [0.15, 0.2) is 29.0 Å². The van der Waals surface area contributed by atoms with Gasteiger partial charge in [0, 0.05) is 28.4 Å². The molecule has 1 aliphatic rings. The van der Waals surface area contributed by atoms with Gasteiger partial charge in [0.2, 0.25) is 5.91 Å². The smallest absolute Gasteiger partial charge is 0.237 e. The van der Waals surface area contributed by atoms with E-state index in [1.165, 1.54) is 15.3 Å². The average molecular weight is 306 g/mol. The summed E-state index contributed by atoms with van der Waals surface area (Å²) in [6.07, 6.45) is 3.14. The van der Waals surface area contributed by atoms with Gasteiger partial charge in [-0.1, -0.05) is 6.07 Å². The highest BCUT2D eigenvalue weighted by Gasteiger charge is 2.19. The van der Waals surface area contributed by atoms with Crippen LogP contribution in [0, 0.1) is 0 Å². The monoisotopic (exact) mass is 306 g/mol. The molecule has 1 amide bonds. The molecule has 1 fully saturated rings. The van der Waals surface area contributed by atoms with Crippen LogP contribution in [0.2, 0.25) is 0 Å². The Hall–Kier alpha value is -1.17. The molecule has 2 N–H and O–H groups in total. The molecular weight excluding hydrogens is 288 g/mol. The minimum Gasteiger partial charge on any atom is -0.355 e. The molecule has 5 heteroatoms. The summed E-state index contributed by atoms with van der Waals surface area (Å²) in [5.74, 6) is 0.150. The van der Waals surface area contributed by atoms with Crippen molar-refractivity contribution < 1.29 is 4.79 Å². The van der Waals surface area contributed by atoms with Crippen LogP contribution in [0.3, 0.4) is 0 Å². The number of carbonyl (C=O) groups is 1. The van der Waals surface area contributed by atoms with Crippen LogP contribution < -0.4 is 10.6 Å². The third-order valence-corrected chi connectivity index (χ3v) is 5.37. The fraction of sp³-hybridized carbons (Fsp3) is 0.400. The minimum atomic E-state index is -0.0372. The zero-order valence-electron chi connectivity index (χ0n) is 11.2. The second kappa shape index (κ2) is 6.52. The van der Waals surface area contributed by atoms with E-state index in [0.717, 1.165) is 32.4 Å².